The van der Waals surface area contributed by atoms with E-state index in [9.17, 15) is 5.11 Å². The molecule has 0 amide bonds. The molecule has 1 N–H and O–H groups in total. The van der Waals surface area contributed by atoms with Crippen molar-refractivity contribution >= 4 is 27.5 Å². The van der Waals surface area contributed by atoms with Crippen molar-refractivity contribution in [3.8, 4) is 5.75 Å². The Morgan fingerprint density at radius 3 is 2.57 bits per heavy atom. The molecule has 1 rings (SSSR count). The van der Waals surface area contributed by atoms with E-state index in [1.165, 1.54) is 0 Å². The summed E-state index contributed by atoms with van der Waals surface area (Å²) in [6, 6.07) is 5.24. The summed E-state index contributed by atoms with van der Waals surface area (Å²) < 4.78 is 5.01. The third-order valence-electron chi connectivity index (χ3n) is 1.96. The van der Waals surface area contributed by atoms with Crippen molar-refractivity contribution < 1.29 is 9.84 Å². The second-order valence-electron chi connectivity index (χ2n) is 3.01. The van der Waals surface area contributed by atoms with E-state index in [0.29, 0.717) is 16.3 Å². The summed E-state index contributed by atoms with van der Waals surface area (Å²) in [7, 11) is 1.58. The van der Waals surface area contributed by atoms with E-state index < -0.39 is 6.10 Å². The molecule has 78 valence electrons. The highest BCUT2D eigenvalue weighted by atomic mass is 79.9. The number of aliphatic hydroxyl groups is 1. The zero-order chi connectivity index (χ0) is 10.7. The summed E-state index contributed by atoms with van der Waals surface area (Å²) in [6.45, 7) is 1.87. The van der Waals surface area contributed by atoms with Gasteiger partial charge in [-0.3, -0.25) is 0 Å². The van der Waals surface area contributed by atoms with Crippen LogP contribution in [0.15, 0.2) is 18.2 Å². The first-order chi connectivity index (χ1) is 6.56. The lowest BCUT2D eigenvalue weighted by Crippen LogP contribution is -2.08. The third kappa shape index (κ3) is 2.62. The van der Waals surface area contributed by atoms with Crippen molar-refractivity contribution in [2.24, 2.45) is 0 Å². The Balaban J connectivity index is 2.99. The van der Waals surface area contributed by atoms with Crippen molar-refractivity contribution in [3.63, 3.8) is 0 Å². The minimum absolute atomic E-state index is 0.0339. The highest BCUT2D eigenvalue weighted by Gasteiger charge is 2.16. The second-order valence-corrected chi connectivity index (χ2v) is 4.86. The zero-order valence-electron chi connectivity index (χ0n) is 8.00. The molecule has 2 unspecified atom stereocenters. The van der Waals surface area contributed by atoms with Crippen LogP contribution in [0.1, 0.15) is 18.6 Å². The van der Waals surface area contributed by atoms with Crippen LogP contribution in [-0.2, 0) is 0 Å². The number of aliphatic hydroxyl groups excluding tert-OH is 1. The van der Waals surface area contributed by atoms with Gasteiger partial charge in [0.05, 0.1) is 18.2 Å². The van der Waals surface area contributed by atoms with Gasteiger partial charge in [-0.05, 0) is 19.1 Å². The maximum Gasteiger partial charge on any atom is 0.120 e. The normalized spacial score (nSPS) is 14.9. The summed E-state index contributed by atoms with van der Waals surface area (Å²) in [4.78, 5) is -0.0339. The monoisotopic (exact) mass is 278 g/mol. The first kappa shape index (κ1) is 11.8. The van der Waals surface area contributed by atoms with Gasteiger partial charge in [0.2, 0.25) is 0 Å². The fourth-order valence-electron chi connectivity index (χ4n) is 1.12. The van der Waals surface area contributed by atoms with Crippen LogP contribution in [0.25, 0.3) is 0 Å². The zero-order valence-corrected chi connectivity index (χ0v) is 10.3. The number of alkyl halides is 1. The van der Waals surface area contributed by atoms with Crippen molar-refractivity contribution in [1.29, 1.82) is 0 Å². The first-order valence-corrected chi connectivity index (χ1v) is 5.51. The molecule has 0 spiro atoms. The second kappa shape index (κ2) is 5.01. The van der Waals surface area contributed by atoms with Crippen LogP contribution in [-0.4, -0.2) is 17.0 Å². The largest absolute Gasteiger partial charge is 0.497 e. The SMILES string of the molecule is COc1ccc(C(O)C(C)Br)c(Cl)c1. The van der Waals surface area contributed by atoms with E-state index in [-0.39, 0.29) is 4.83 Å². The third-order valence-corrected chi connectivity index (χ3v) is 2.79. The van der Waals surface area contributed by atoms with Crippen LogP contribution in [0.4, 0.5) is 0 Å². The number of rotatable bonds is 3. The summed E-state index contributed by atoms with van der Waals surface area (Å²) in [5.41, 5.74) is 0.705. The number of hydrogen-bond acceptors (Lipinski definition) is 2. The Labute approximate surface area is 97.0 Å². The molecular formula is C10H12BrClO2. The van der Waals surface area contributed by atoms with Crippen molar-refractivity contribution in [2.75, 3.05) is 7.11 Å². The molecule has 0 fully saturated rings. The van der Waals surface area contributed by atoms with Gasteiger partial charge in [0.15, 0.2) is 0 Å². The molecule has 0 heterocycles. The van der Waals surface area contributed by atoms with Gasteiger partial charge in [-0.15, -0.1) is 0 Å². The molecule has 1 aromatic carbocycles. The quantitative estimate of drug-likeness (QED) is 0.861. The molecule has 0 saturated carbocycles. The van der Waals surface area contributed by atoms with Gasteiger partial charge in [-0.2, -0.15) is 0 Å². The average molecular weight is 280 g/mol. The van der Waals surface area contributed by atoms with Gasteiger partial charge in [0.1, 0.15) is 5.75 Å². The average Bonchev–Trinajstić information content (AvgIpc) is 2.16. The Morgan fingerprint density at radius 1 is 1.50 bits per heavy atom. The lowest BCUT2D eigenvalue weighted by atomic mass is 10.1. The Kier molecular flexibility index (Phi) is 4.23. The molecule has 0 aliphatic heterocycles. The fourth-order valence-corrected chi connectivity index (χ4v) is 1.69. The smallest absolute Gasteiger partial charge is 0.120 e. The molecule has 0 saturated heterocycles. The van der Waals surface area contributed by atoms with Crippen LogP contribution in [0.5, 0.6) is 5.75 Å². The molecule has 4 heteroatoms. The predicted molar refractivity (Wildman–Crippen MR) is 61.4 cm³/mol. The minimum Gasteiger partial charge on any atom is -0.497 e. The molecule has 2 nitrogen and oxygen atoms in total. The number of methoxy groups -OCH3 is 1. The maximum absolute atomic E-state index is 9.77. The molecule has 14 heavy (non-hydrogen) atoms. The standard InChI is InChI=1S/C10H12BrClO2/c1-6(11)10(13)8-4-3-7(14-2)5-9(8)12/h3-6,10,13H,1-2H3. The molecule has 0 aromatic heterocycles. The van der Waals surface area contributed by atoms with Crippen LogP contribution >= 0.6 is 27.5 Å². The highest BCUT2D eigenvalue weighted by molar-refractivity contribution is 9.09. The summed E-state index contributed by atoms with van der Waals surface area (Å²) in [5.74, 6) is 0.688. The Morgan fingerprint density at radius 2 is 2.14 bits per heavy atom. The summed E-state index contributed by atoms with van der Waals surface area (Å²) >= 11 is 9.29. The molecule has 0 radical (unpaired) electrons. The molecule has 1 aromatic rings. The van der Waals surface area contributed by atoms with Crippen molar-refractivity contribution in [2.45, 2.75) is 17.9 Å². The highest BCUT2D eigenvalue weighted by Crippen LogP contribution is 2.30. The van der Waals surface area contributed by atoms with Crippen LogP contribution in [0.2, 0.25) is 5.02 Å². The maximum atomic E-state index is 9.77. The van der Waals surface area contributed by atoms with Crippen molar-refractivity contribution in [1.82, 2.24) is 0 Å². The number of benzene rings is 1. The van der Waals surface area contributed by atoms with Crippen LogP contribution in [0.3, 0.4) is 0 Å². The van der Waals surface area contributed by atoms with Gasteiger partial charge in [-0.1, -0.05) is 33.6 Å². The first-order valence-electron chi connectivity index (χ1n) is 4.22. The van der Waals surface area contributed by atoms with E-state index in [4.69, 9.17) is 16.3 Å². The lowest BCUT2D eigenvalue weighted by molar-refractivity contribution is 0.181. The molecular weight excluding hydrogens is 267 g/mol. The lowest BCUT2D eigenvalue weighted by Gasteiger charge is -2.15. The van der Waals surface area contributed by atoms with Crippen LogP contribution < -0.4 is 4.74 Å². The van der Waals surface area contributed by atoms with Gasteiger partial charge in [0, 0.05) is 10.4 Å². The van der Waals surface area contributed by atoms with Crippen LogP contribution in [0, 0.1) is 0 Å². The van der Waals surface area contributed by atoms with E-state index in [1.54, 1.807) is 25.3 Å². The van der Waals surface area contributed by atoms with E-state index in [2.05, 4.69) is 15.9 Å². The summed E-state index contributed by atoms with van der Waals surface area (Å²) in [5, 5.41) is 10.3. The number of ether oxygens (including phenoxy) is 1. The van der Waals surface area contributed by atoms with Gasteiger partial charge < -0.3 is 9.84 Å². The minimum atomic E-state index is -0.603. The molecule has 2 atom stereocenters. The fraction of sp³-hybridized carbons (Fsp3) is 0.400. The molecule has 0 aliphatic rings. The van der Waals surface area contributed by atoms with Gasteiger partial charge >= 0.3 is 0 Å². The molecule has 0 bridgehead atoms. The molecule has 0 aliphatic carbocycles. The Bertz CT molecular complexity index is 315. The van der Waals surface area contributed by atoms with Crippen molar-refractivity contribution in [3.05, 3.63) is 28.8 Å². The number of hydrogen-bond donors (Lipinski definition) is 1. The van der Waals surface area contributed by atoms with E-state index >= 15 is 0 Å². The van der Waals surface area contributed by atoms with Gasteiger partial charge in [-0.25, -0.2) is 0 Å². The van der Waals surface area contributed by atoms with E-state index in [1.807, 2.05) is 6.92 Å². The van der Waals surface area contributed by atoms with Gasteiger partial charge in [0.25, 0.3) is 0 Å². The topological polar surface area (TPSA) is 29.5 Å². The van der Waals surface area contributed by atoms with E-state index in [0.717, 1.165) is 0 Å². The number of halogens is 2. The predicted octanol–water partition coefficient (Wildman–Crippen LogP) is 3.17. The Hall–Kier alpha value is -0.250. The summed E-state index contributed by atoms with van der Waals surface area (Å²) in [6.07, 6.45) is -0.603.